The molecule has 0 aromatic heterocycles. The molecule has 0 bridgehead atoms. The number of amides is 1. The minimum Gasteiger partial charge on any atom is -0.530 e. The van der Waals surface area contributed by atoms with Gasteiger partial charge in [-0.1, -0.05) is 0 Å². The lowest BCUT2D eigenvalue weighted by Crippen LogP contribution is -2.44. The zero-order chi connectivity index (χ0) is 7.14. The van der Waals surface area contributed by atoms with Crippen molar-refractivity contribution in [1.82, 2.24) is 5.32 Å². The van der Waals surface area contributed by atoms with Gasteiger partial charge in [-0.3, -0.25) is 0 Å². The summed E-state index contributed by atoms with van der Waals surface area (Å²) in [6.07, 6.45) is 1.16. The SMILES string of the molecule is O=C([O-])NC1CCC2OC12. The fourth-order valence-electron chi connectivity index (χ4n) is 1.56. The largest absolute Gasteiger partial charge is 0.530 e. The van der Waals surface area contributed by atoms with E-state index in [0.29, 0.717) is 6.10 Å². The summed E-state index contributed by atoms with van der Waals surface area (Å²) in [6.45, 7) is 0. The highest BCUT2D eigenvalue weighted by Crippen LogP contribution is 2.38. The monoisotopic (exact) mass is 142 g/mol. The standard InChI is InChI=1S/C6H9NO3/c8-6(9)7-3-1-2-4-5(3)10-4/h3-5,7H,1-2H2,(H,8,9)/p-1. The molecule has 2 fully saturated rings. The molecule has 1 N–H and O–H groups in total. The molecule has 0 aromatic carbocycles. The number of carbonyl (C=O) groups is 1. The van der Waals surface area contributed by atoms with Gasteiger partial charge < -0.3 is 20.0 Å². The van der Waals surface area contributed by atoms with Crippen LogP contribution in [0.1, 0.15) is 12.8 Å². The smallest absolute Gasteiger partial charge is 0.134 e. The Labute approximate surface area is 58.2 Å². The van der Waals surface area contributed by atoms with Crippen molar-refractivity contribution in [2.75, 3.05) is 0 Å². The van der Waals surface area contributed by atoms with E-state index in [1.807, 2.05) is 0 Å². The zero-order valence-corrected chi connectivity index (χ0v) is 5.37. The molecule has 56 valence electrons. The van der Waals surface area contributed by atoms with Gasteiger partial charge in [-0.05, 0) is 12.8 Å². The van der Waals surface area contributed by atoms with Crippen molar-refractivity contribution in [1.29, 1.82) is 0 Å². The third-order valence-electron chi connectivity index (χ3n) is 2.08. The summed E-state index contributed by atoms with van der Waals surface area (Å²) in [5.74, 6) is 0. The Balaban J connectivity index is 1.88. The van der Waals surface area contributed by atoms with Crippen LogP contribution in [0.5, 0.6) is 0 Å². The van der Waals surface area contributed by atoms with Gasteiger partial charge in [0.1, 0.15) is 12.2 Å². The highest BCUT2D eigenvalue weighted by Gasteiger charge is 2.50. The highest BCUT2D eigenvalue weighted by molar-refractivity contribution is 5.62. The molecule has 0 spiro atoms. The summed E-state index contributed by atoms with van der Waals surface area (Å²) < 4.78 is 5.11. The lowest BCUT2D eigenvalue weighted by atomic mass is 10.2. The third kappa shape index (κ3) is 0.844. The first-order valence-electron chi connectivity index (χ1n) is 3.40. The van der Waals surface area contributed by atoms with E-state index in [2.05, 4.69) is 5.32 Å². The van der Waals surface area contributed by atoms with Crippen molar-refractivity contribution >= 4 is 6.09 Å². The van der Waals surface area contributed by atoms with Crippen molar-refractivity contribution in [2.45, 2.75) is 31.1 Å². The van der Waals surface area contributed by atoms with E-state index in [1.54, 1.807) is 0 Å². The van der Waals surface area contributed by atoms with Crippen molar-refractivity contribution in [2.24, 2.45) is 0 Å². The van der Waals surface area contributed by atoms with Gasteiger partial charge in [0, 0.05) is 0 Å². The number of fused-ring (bicyclic) bond motifs is 1. The highest BCUT2D eigenvalue weighted by atomic mass is 16.6. The number of rotatable bonds is 1. The second-order valence-corrected chi connectivity index (χ2v) is 2.75. The molecule has 1 amide bonds. The fraction of sp³-hybridized carbons (Fsp3) is 0.833. The van der Waals surface area contributed by atoms with Crippen LogP contribution in [0, 0.1) is 0 Å². The number of hydrogen-bond acceptors (Lipinski definition) is 3. The molecule has 4 heteroatoms. The van der Waals surface area contributed by atoms with Crippen LogP contribution in [-0.2, 0) is 4.74 Å². The summed E-state index contributed by atoms with van der Waals surface area (Å²) in [5, 5.41) is 12.4. The average molecular weight is 142 g/mol. The Morgan fingerprint density at radius 2 is 2.40 bits per heavy atom. The predicted molar refractivity (Wildman–Crippen MR) is 30.2 cm³/mol. The minimum absolute atomic E-state index is 0.00463. The van der Waals surface area contributed by atoms with E-state index in [9.17, 15) is 9.90 Å². The number of nitrogens with one attached hydrogen (secondary N) is 1. The van der Waals surface area contributed by atoms with Crippen molar-refractivity contribution in [3.8, 4) is 0 Å². The molecule has 3 atom stereocenters. The Kier molecular flexibility index (Phi) is 1.11. The molecule has 3 unspecified atom stereocenters. The van der Waals surface area contributed by atoms with E-state index < -0.39 is 6.09 Å². The second-order valence-electron chi connectivity index (χ2n) is 2.75. The molecule has 1 saturated carbocycles. The first-order valence-corrected chi connectivity index (χ1v) is 3.40. The number of carboxylic acid groups (broad SMARTS) is 1. The Morgan fingerprint density at radius 1 is 1.60 bits per heavy atom. The molecule has 1 aliphatic carbocycles. The topological polar surface area (TPSA) is 64.7 Å². The Morgan fingerprint density at radius 3 is 2.80 bits per heavy atom. The molecule has 1 heterocycles. The van der Waals surface area contributed by atoms with Crippen LogP contribution in [-0.4, -0.2) is 24.3 Å². The maximum Gasteiger partial charge on any atom is 0.134 e. The molecule has 1 aliphatic heterocycles. The van der Waals surface area contributed by atoms with Crippen molar-refractivity contribution in [3.63, 3.8) is 0 Å². The van der Waals surface area contributed by atoms with Gasteiger partial charge in [-0.15, -0.1) is 0 Å². The molecule has 0 aromatic rings. The Hall–Kier alpha value is -0.770. The van der Waals surface area contributed by atoms with Crippen molar-refractivity contribution < 1.29 is 14.6 Å². The maximum atomic E-state index is 10.0. The van der Waals surface area contributed by atoms with Gasteiger partial charge in [0.05, 0.1) is 12.1 Å². The quantitative estimate of drug-likeness (QED) is 0.470. The summed E-state index contributed by atoms with van der Waals surface area (Å²) in [5.41, 5.74) is 0. The van der Waals surface area contributed by atoms with Crippen LogP contribution < -0.4 is 10.4 Å². The van der Waals surface area contributed by atoms with E-state index in [1.165, 1.54) is 0 Å². The predicted octanol–water partition coefficient (Wildman–Crippen LogP) is -1.15. The molecular weight excluding hydrogens is 134 g/mol. The van der Waals surface area contributed by atoms with Crippen molar-refractivity contribution in [3.05, 3.63) is 0 Å². The van der Waals surface area contributed by atoms with E-state index in [0.717, 1.165) is 12.8 Å². The van der Waals surface area contributed by atoms with Crippen LogP contribution >= 0.6 is 0 Å². The van der Waals surface area contributed by atoms with Crippen LogP contribution in [0.4, 0.5) is 4.79 Å². The summed E-state index contributed by atoms with van der Waals surface area (Å²) in [7, 11) is 0. The van der Waals surface area contributed by atoms with Crippen LogP contribution in [0.15, 0.2) is 0 Å². The van der Waals surface area contributed by atoms with Gasteiger partial charge in [-0.2, -0.15) is 0 Å². The third-order valence-corrected chi connectivity index (χ3v) is 2.08. The summed E-state index contributed by atoms with van der Waals surface area (Å²) in [6, 6.07) is -0.00463. The number of hydrogen-bond donors (Lipinski definition) is 1. The van der Waals surface area contributed by atoms with Gasteiger partial charge >= 0.3 is 0 Å². The van der Waals surface area contributed by atoms with Gasteiger partial charge in [-0.25, -0.2) is 0 Å². The normalized spacial score (nSPS) is 42.6. The molecule has 4 nitrogen and oxygen atoms in total. The molecule has 1 saturated heterocycles. The Bertz CT molecular complexity index is 170. The van der Waals surface area contributed by atoms with Crippen LogP contribution in [0.3, 0.4) is 0 Å². The van der Waals surface area contributed by atoms with Gasteiger partial charge in [0.2, 0.25) is 0 Å². The zero-order valence-electron chi connectivity index (χ0n) is 5.37. The summed E-state index contributed by atoms with van der Waals surface area (Å²) in [4.78, 5) is 10.0. The molecule has 0 radical (unpaired) electrons. The minimum atomic E-state index is -1.19. The van der Waals surface area contributed by atoms with E-state index >= 15 is 0 Å². The molecule has 2 aliphatic rings. The average Bonchev–Trinajstić information content (AvgIpc) is 2.52. The molecule has 2 rings (SSSR count). The molecule has 10 heavy (non-hydrogen) atoms. The first-order chi connectivity index (χ1) is 4.77. The number of epoxide rings is 1. The van der Waals surface area contributed by atoms with Crippen LogP contribution in [0.2, 0.25) is 0 Å². The summed E-state index contributed by atoms with van der Waals surface area (Å²) >= 11 is 0. The maximum absolute atomic E-state index is 10.0. The van der Waals surface area contributed by atoms with E-state index in [-0.39, 0.29) is 12.1 Å². The van der Waals surface area contributed by atoms with E-state index in [4.69, 9.17) is 4.74 Å². The molecular formula is C6H8NO3-. The first kappa shape index (κ1) is 5.97. The van der Waals surface area contributed by atoms with Gasteiger partial charge in [0.15, 0.2) is 0 Å². The number of carbonyl (C=O) groups excluding carboxylic acids is 1. The lowest BCUT2D eigenvalue weighted by molar-refractivity contribution is -0.251. The fourth-order valence-corrected chi connectivity index (χ4v) is 1.56. The van der Waals surface area contributed by atoms with Gasteiger partial charge in [0.25, 0.3) is 0 Å². The van der Waals surface area contributed by atoms with Crippen LogP contribution in [0.25, 0.3) is 0 Å². The second kappa shape index (κ2) is 1.85. The number of ether oxygens (including phenoxy) is 1. The lowest BCUT2D eigenvalue weighted by Gasteiger charge is -2.13.